The highest BCUT2D eigenvalue weighted by atomic mass is 32.1. The number of benzene rings is 3. The maximum Gasteiger partial charge on any atom is 0.260 e. The largest absolute Gasteiger partial charge is 0.279 e. The predicted octanol–water partition coefficient (Wildman–Crippen LogP) is 6.37. The lowest BCUT2D eigenvalue weighted by Gasteiger charge is -2.20. The van der Waals surface area contributed by atoms with Crippen molar-refractivity contribution in [2.75, 3.05) is 4.90 Å². The second kappa shape index (κ2) is 7.63. The third kappa shape index (κ3) is 3.49. The summed E-state index contributed by atoms with van der Waals surface area (Å²) in [5, 5.41) is 0.719. The van der Waals surface area contributed by atoms with E-state index in [9.17, 15) is 4.79 Å². The van der Waals surface area contributed by atoms with Gasteiger partial charge in [0.2, 0.25) is 0 Å². The van der Waals surface area contributed by atoms with Gasteiger partial charge in [-0.05, 0) is 54.8 Å². The smallest absolute Gasteiger partial charge is 0.260 e. The van der Waals surface area contributed by atoms with Gasteiger partial charge in [-0.15, -0.1) is 11.3 Å². The Morgan fingerprint density at radius 2 is 1.83 bits per heavy atom. The van der Waals surface area contributed by atoms with E-state index < -0.39 is 0 Å². The monoisotopic (exact) mass is 429 g/mol. The fourth-order valence-corrected chi connectivity index (χ4v) is 5.47. The molecule has 5 aromatic rings. The van der Waals surface area contributed by atoms with Crippen LogP contribution >= 0.6 is 22.7 Å². The Morgan fingerprint density at radius 3 is 2.67 bits per heavy atom. The molecule has 0 aliphatic rings. The maximum atomic E-state index is 13.6. The third-order valence-corrected chi connectivity index (χ3v) is 6.87. The molecule has 0 saturated heterocycles. The Bertz CT molecular complexity index is 1370. The third-order valence-electron chi connectivity index (χ3n) is 5.06. The van der Waals surface area contributed by atoms with Crippen molar-refractivity contribution in [1.29, 1.82) is 0 Å². The molecule has 0 radical (unpaired) electrons. The van der Waals surface area contributed by atoms with Crippen molar-refractivity contribution < 1.29 is 4.79 Å². The number of aromatic nitrogens is 2. The van der Waals surface area contributed by atoms with Crippen LogP contribution in [-0.4, -0.2) is 15.9 Å². The van der Waals surface area contributed by atoms with Gasteiger partial charge >= 0.3 is 0 Å². The van der Waals surface area contributed by atoms with Gasteiger partial charge in [0.25, 0.3) is 5.91 Å². The molecule has 2 aromatic heterocycles. The van der Waals surface area contributed by atoms with Gasteiger partial charge in [-0.3, -0.25) is 9.69 Å². The standard InChI is InChI=1S/C24H19N3OS2/c1-15-10-16(2)22-21(11-15)30-24(26-22)27(13-17-6-4-3-5-7-17)23(28)18-8-9-19-20(12-18)29-14-25-19/h3-12,14H,13H2,1-2H3. The van der Waals surface area contributed by atoms with Crippen molar-refractivity contribution >= 4 is 54.1 Å². The van der Waals surface area contributed by atoms with Gasteiger partial charge in [0.05, 0.1) is 32.5 Å². The number of hydrogen-bond donors (Lipinski definition) is 0. The highest BCUT2D eigenvalue weighted by Crippen LogP contribution is 2.33. The van der Waals surface area contributed by atoms with Crippen molar-refractivity contribution in [3.05, 3.63) is 88.4 Å². The summed E-state index contributed by atoms with van der Waals surface area (Å²) in [6.45, 7) is 4.63. The highest BCUT2D eigenvalue weighted by molar-refractivity contribution is 7.22. The lowest BCUT2D eigenvalue weighted by molar-refractivity contribution is 0.0985. The lowest BCUT2D eigenvalue weighted by Crippen LogP contribution is -2.30. The summed E-state index contributed by atoms with van der Waals surface area (Å²) < 4.78 is 2.11. The van der Waals surface area contributed by atoms with Crippen LogP contribution in [0.5, 0.6) is 0 Å². The van der Waals surface area contributed by atoms with E-state index in [1.54, 1.807) is 33.1 Å². The van der Waals surface area contributed by atoms with E-state index in [0.29, 0.717) is 12.1 Å². The Balaban J connectivity index is 1.61. The normalized spacial score (nSPS) is 11.3. The lowest BCUT2D eigenvalue weighted by atomic mass is 10.1. The summed E-state index contributed by atoms with van der Waals surface area (Å²) in [6.07, 6.45) is 0. The molecule has 0 unspecified atom stereocenters. The molecule has 0 saturated carbocycles. The van der Waals surface area contributed by atoms with Crippen LogP contribution < -0.4 is 4.90 Å². The van der Waals surface area contributed by atoms with Crippen LogP contribution in [0.15, 0.2) is 66.2 Å². The average Bonchev–Trinajstić information content (AvgIpc) is 3.38. The molecule has 0 atom stereocenters. The summed E-state index contributed by atoms with van der Waals surface area (Å²) in [5.74, 6) is -0.0532. The number of carbonyl (C=O) groups is 1. The van der Waals surface area contributed by atoms with E-state index in [1.165, 1.54) is 5.56 Å². The number of aryl methyl sites for hydroxylation is 2. The molecule has 0 spiro atoms. The highest BCUT2D eigenvalue weighted by Gasteiger charge is 2.23. The fraction of sp³-hybridized carbons (Fsp3) is 0.125. The van der Waals surface area contributed by atoms with Gasteiger partial charge in [0.15, 0.2) is 5.13 Å². The first-order valence-corrected chi connectivity index (χ1v) is 11.3. The van der Waals surface area contributed by atoms with Gasteiger partial charge in [-0.25, -0.2) is 9.97 Å². The first-order valence-electron chi connectivity index (χ1n) is 9.65. The van der Waals surface area contributed by atoms with Gasteiger partial charge in [-0.2, -0.15) is 0 Å². The minimum absolute atomic E-state index is 0.0532. The Kier molecular flexibility index (Phi) is 4.81. The van der Waals surface area contributed by atoms with E-state index in [1.807, 2.05) is 48.5 Å². The van der Waals surface area contributed by atoms with Crippen LogP contribution in [0.25, 0.3) is 20.4 Å². The molecule has 6 heteroatoms. The van der Waals surface area contributed by atoms with Crippen LogP contribution in [-0.2, 0) is 6.54 Å². The molecule has 2 heterocycles. The van der Waals surface area contributed by atoms with E-state index in [4.69, 9.17) is 4.98 Å². The number of hydrogen-bond acceptors (Lipinski definition) is 5. The van der Waals surface area contributed by atoms with Gasteiger partial charge in [-0.1, -0.05) is 47.7 Å². The molecule has 5 rings (SSSR count). The summed E-state index contributed by atoms with van der Waals surface area (Å²) in [6, 6.07) is 20.0. The van der Waals surface area contributed by atoms with Crippen LogP contribution in [0, 0.1) is 13.8 Å². The molecule has 0 aliphatic heterocycles. The molecule has 30 heavy (non-hydrogen) atoms. The van der Waals surface area contributed by atoms with Gasteiger partial charge in [0, 0.05) is 5.56 Å². The van der Waals surface area contributed by atoms with E-state index in [-0.39, 0.29) is 5.91 Å². The Morgan fingerprint density at radius 1 is 1.00 bits per heavy atom. The Labute approximate surface area is 182 Å². The first kappa shape index (κ1) is 18.9. The summed E-state index contributed by atoms with van der Waals surface area (Å²) in [5.41, 5.74) is 7.73. The quantitative estimate of drug-likeness (QED) is 0.333. The zero-order valence-corrected chi connectivity index (χ0v) is 18.3. The van der Waals surface area contributed by atoms with E-state index >= 15 is 0 Å². The summed E-state index contributed by atoms with van der Waals surface area (Å²) in [7, 11) is 0. The molecule has 0 bridgehead atoms. The molecule has 148 valence electrons. The molecular weight excluding hydrogens is 410 g/mol. The van der Waals surface area contributed by atoms with Crippen molar-refractivity contribution in [1.82, 2.24) is 9.97 Å². The van der Waals surface area contributed by atoms with Crippen molar-refractivity contribution in [2.45, 2.75) is 20.4 Å². The number of fused-ring (bicyclic) bond motifs is 2. The predicted molar refractivity (Wildman–Crippen MR) is 126 cm³/mol. The van der Waals surface area contributed by atoms with Crippen LogP contribution in [0.3, 0.4) is 0 Å². The topological polar surface area (TPSA) is 46.1 Å². The minimum atomic E-state index is -0.0532. The summed E-state index contributed by atoms with van der Waals surface area (Å²) in [4.78, 5) is 24.6. The molecule has 0 N–H and O–H groups in total. The molecule has 1 amide bonds. The fourth-order valence-electron chi connectivity index (χ4n) is 3.61. The Hall–Kier alpha value is -3.09. The van der Waals surface area contributed by atoms with E-state index in [0.717, 1.165) is 36.7 Å². The van der Waals surface area contributed by atoms with Crippen LogP contribution in [0.2, 0.25) is 0 Å². The van der Waals surface area contributed by atoms with Crippen molar-refractivity contribution in [3.63, 3.8) is 0 Å². The number of thiazole rings is 2. The minimum Gasteiger partial charge on any atom is -0.279 e. The number of rotatable bonds is 4. The number of carbonyl (C=O) groups excluding carboxylic acids is 1. The van der Waals surface area contributed by atoms with Gasteiger partial charge < -0.3 is 0 Å². The van der Waals surface area contributed by atoms with Crippen LogP contribution in [0.4, 0.5) is 5.13 Å². The number of anilines is 1. The second-order valence-corrected chi connectivity index (χ2v) is 9.23. The van der Waals surface area contributed by atoms with Crippen molar-refractivity contribution in [2.24, 2.45) is 0 Å². The van der Waals surface area contributed by atoms with Crippen molar-refractivity contribution in [3.8, 4) is 0 Å². The second-order valence-electron chi connectivity index (χ2n) is 7.34. The number of nitrogens with zero attached hydrogens (tertiary/aromatic N) is 3. The zero-order valence-electron chi connectivity index (χ0n) is 16.6. The molecule has 0 aliphatic carbocycles. The van der Waals surface area contributed by atoms with E-state index in [2.05, 4.69) is 31.0 Å². The molecule has 3 aromatic carbocycles. The number of amides is 1. The SMILES string of the molecule is Cc1cc(C)c2nc(N(Cc3ccccc3)C(=O)c3ccc4ncsc4c3)sc2c1. The van der Waals surface area contributed by atoms with Crippen LogP contribution in [0.1, 0.15) is 27.0 Å². The first-order chi connectivity index (χ1) is 14.6. The molecule has 0 fully saturated rings. The van der Waals surface area contributed by atoms with Gasteiger partial charge in [0.1, 0.15) is 0 Å². The zero-order chi connectivity index (χ0) is 20.7. The average molecular weight is 430 g/mol. The summed E-state index contributed by atoms with van der Waals surface area (Å²) >= 11 is 3.11. The molecule has 4 nitrogen and oxygen atoms in total. The maximum absolute atomic E-state index is 13.6. The molecular formula is C24H19N3OS2.